The molecule has 107 valence electrons. The van der Waals surface area contributed by atoms with Crippen molar-refractivity contribution in [3.05, 3.63) is 54.0 Å². The van der Waals surface area contributed by atoms with Gasteiger partial charge in [0.1, 0.15) is 0 Å². The molecule has 19 heavy (non-hydrogen) atoms. The second kappa shape index (κ2) is 6.11. The van der Waals surface area contributed by atoms with E-state index in [9.17, 15) is 0 Å². The van der Waals surface area contributed by atoms with E-state index in [4.69, 9.17) is 0 Å². The SMILES string of the molecule is CCN1[CH-]N(C(C)(C)c2[c-]cccc2)C(C)=C1C.[Ir]. The van der Waals surface area contributed by atoms with Crippen LogP contribution in [0.25, 0.3) is 0 Å². The second-order valence-corrected chi connectivity index (χ2v) is 5.28. The van der Waals surface area contributed by atoms with Gasteiger partial charge in [-0.25, -0.2) is 0 Å². The van der Waals surface area contributed by atoms with Crippen LogP contribution in [0.3, 0.4) is 0 Å². The Kier molecular flexibility index (Phi) is 5.23. The van der Waals surface area contributed by atoms with Crippen molar-refractivity contribution in [3.8, 4) is 0 Å². The summed E-state index contributed by atoms with van der Waals surface area (Å²) in [7, 11) is 0. The number of rotatable bonds is 3. The molecular formula is C16H22IrN2-2. The number of nitrogens with zero attached hydrogens (tertiary/aromatic N) is 2. The third-order valence-electron chi connectivity index (χ3n) is 3.88. The van der Waals surface area contributed by atoms with Gasteiger partial charge in [0.15, 0.2) is 0 Å². The number of benzene rings is 1. The molecule has 0 amide bonds. The predicted molar refractivity (Wildman–Crippen MR) is 75.2 cm³/mol. The van der Waals surface area contributed by atoms with E-state index in [1.54, 1.807) is 0 Å². The quantitative estimate of drug-likeness (QED) is 0.669. The molecule has 1 aromatic carbocycles. The Morgan fingerprint density at radius 1 is 1.21 bits per heavy atom. The molecular weight excluding hydrogens is 412 g/mol. The molecule has 2 rings (SSSR count). The van der Waals surface area contributed by atoms with Crippen molar-refractivity contribution in [1.29, 1.82) is 0 Å². The number of allylic oxidation sites excluding steroid dienone is 2. The van der Waals surface area contributed by atoms with Crippen molar-refractivity contribution >= 4 is 0 Å². The van der Waals surface area contributed by atoms with E-state index in [0.29, 0.717) is 0 Å². The van der Waals surface area contributed by atoms with Crippen LogP contribution < -0.4 is 0 Å². The van der Waals surface area contributed by atoms with E-state index in [-0.39, 0.29) is 25.6 Å². The summed E-state index contributed by atoms with van der Waals surface area (Å²) in [5.41, 5.74) is 3.79. The first-order chi connectivity index (χ1) is 8.48. The molecule has 0 fully saturated rings. The van der Waals surface area contributed by atoms with Crippen molar-refractivity contribution in [2.24, 2.45) is 0 Å². The van der Waals surface area contributed by atoms with Crippen LogP contribution in [0.2, 0.25) is 0 Å². The molecule has 0 N–H and O–H groups in total. The Morgan fingerprint density at radius 3 is 2.37 bits per heavy atom. The van der Waals surface area contributed by atoms with Gasteiger partial charge in [-0.15, -0.1) is 5.56 Å². The van der Waals surface area contributed by atoms with Crippen LogP contribution in [0.1, 0.15) is 40.2 Å². The molecule has 0 aromatic heterocycles. The van der Waals surface area contributed by atoms with Gasteiger partial charge in [0.25, 0.3) is 0 Å². The molecule has 0 aliphatic carbocycles. The largest absolute Gasteiger partial charge is 0.506 e. The van der Waals surface area contributed by atoms with Crippen molar-refractivity contribution < 1.29 is 20.1 Å². The van der Waals surface area contributed by atoms with Crippen molar-refractivity contribution in [2.45, 2.75) is 40.2 Å². The third-order valence-corrected chi connectivity index (χ3v) is 3.88. The molecule has 1 aliphatic rings. The summed E-state index contributed by atoms with van der Waals surface area (Å²) in [5, 5.41) is 0. The van der Waals surface area contributed by atoms with Gasteiger partial charge >= 0.3 is 0 Å². The predicted octanol–water partition coefficient (Wildman–Crippen LogP) is 3.73. The fourth-order valence-corrected chi connectivity index (χ4v) is 2.48. The average Bonchev–Trinajstić information content (AvgIpc) is 2.67. The molecule has 1 heterocycles. The smallest absolute Gasteiger partial charge is 0.0101 e. The number of hydrogen-bond acceptors (Lipinski definition) is 2. The summed E-state index contributed by atoms with van der Waals surface area (Å²) >= 11 is 0. The van der Waals surface area contributed by atoms with E-state index in [1.165, 1.54) is 17.0 Å². The van der Waals surface area contributed by atoms with Crippen LogP contribution >= 0.6 is 0 Å². The minimum Gasteiger partial charge on any atom is -0.506 e. The van der Waals surface area contributed by atoms with E-state index >= 15 is 0 Å². The van der Waals surface area contributed by atoms with Crippen molar-refractivity contribution in [3.63, 3.8) is 0 Å². The number of hydrogen-bond donors (Lipinski definition) is 0. The van der Waals surface area contributed by atoms with Crippen molar-refractivity contribution in [2.75, 3.05) is 6.54 Å². The third kappa shape index (κ3) is 2.88. The standard InChI is InChI=1S/C16H22N2.Ir/c1-6-17-12-18(14(3)13(17)2)16(4,5)15-10-8-7-9-11-15;/h7-10,12H,6H2,1-5H3;/q-2;. The van der Waals surface area contributed by atoms with E-state index in [0.717, 1.165) is 6.54 Å². The Bertz CT molecular complexity index is 451. The average molecular weight is 435 g/mol. The minimum atomic E-state index is -0.0729. The van der Waals surface area contributed by atoms with Gasteiger partial charge in [-0.1, -0.05) is 0 Å². The monoisotopic (exact) mass is 435 g/mol. The maximum atomic E-state index is 3.35. The summed E-state index contributed by atoms with van der Waals surface area (Å²) < 4.78 is 0. The summed E-state index contributed by atoms with van der Waals surface area (Å²) in [6, 6.07) is 11.6. The topological polar surface area (TPSA) is 6.48 Å². The first kappa shape index (κ1) is 16.3. The first-order valence-electron chi connectivity index (χ1n) is 6.54. The van der Waals surface area contributed by atoms with Gasteiger partial charge < -0.3 is 9.80 Å². The summed E-state index contributed by atoms with van der Waals surface area (Å²) in [4.78, 5) is 4.64. The molecule has 0 saturated heterocycles. The van der Waals surface area contributed by atoms with Gasteiger partial charge in [0.05, 0.1) is 0 Å². The van der Waals surface area contributed by atoms with E-state index < -0.39 is 0 Å². The molecule has 0 saturated carbocycles. The van der Waals surface area contributed by atoms with E-state index in [2.05, 4.69) is 69.3 Å². The molecule has 1 radical (unpaired) electrons. The maximum Gasteiger partial charge on any atom is 0.0101 e. The fraction of sp³-hybridized carbons (Fsp3) is 0.438. The van der Waals surface area contributed by atoms with Crippen LogP contribution in [0.5, 0.6) is 0 Å². The fourth-order valence-electron chi connectivity index (χ4n) is 2.48. The zero-order valence-corrected chi connectivity index (χ0v) is 14.7. The molecule has 0 atom stereocenters. The molecule has 1 aliphatic heterocycles. The normalized spacial score (nSPS) is 15.8. The summed E-state index contributed by atoms with van der Waals surface area (Å²) in [5.74, 6) is 0. The van der Waals surface area contributed by atoms with Crippen molar-refractivity contribution in [1.82, 2.24) is 9.80 Å². The van der Waals surface area contributed by atoms with E-state index in [1.807, 2.05) is 12.1 Å². The molecule has 0 bridgehead atoms. The van der Waals surface area contributed by atoms with Crippen LogP contribution in [0, 0.1) is 12.7 Å². The zero-order chi connectivity index (χ0) is 13.3. The van der Waals surface area contributed by atoms with Crippen LogP contribution in [0.4, 0.5) is 0 Å². The van der Waals surface area contributed by atoms with Gasteiger partial charge in [0.2, 0.25) is 0 Å². The first-order valence-corrected chi connectivity index (χ1v) is 6.54. The second-order valence-electron chi connectivity index (χ2n) is 5.28. The Labute approximate surface area is 130 Å². The van der Waals surface area contributed by atoms with Gasteiger partial charge in [0, 0.05) is 25.6 Å². The Hall–Kier alpha value is -0.791. The molecule has 0 unspecified atom stereocenters. The molecule has 0 spiro atoms. The zero-order valence-electron chi connectivity index (χ0n) is 12.3. The van der Waals surface area contributed by atoms with Gasteiger partial charge in [-0.05, 0) is 52.6 Å². The van der Waals surface area contributed by atoms with Gasteiger partial charge in [-0.3, -0.25) is 0 Å². The van der Waals surface area contributed by atoms with Crippen LogP contribution in [-0.4, -0.2) is 16.3 Å². The van der Waals surface area contributed by atoms with Gasteiger partial charge in [-0.2, -0.15) is 37.0 Å². The molecule has 2 nitrogen and oxygen atoms in total. The summed E-state index contributed by atoms with van der Waals surface area (Å²) in [6.07, 6.45) is 0. The van der Waals surface area contributed by atoms with Crippen LogP contribution in [0.15, 0.2) is 35.7 Å². The minimum absolute atomic E-state index is 0. The van der Waals surface area contributed by atoms with Crippen LogP contribution in [-0.2, 0) is 25.6 Å². The Balaban J connectivity index is 0.00000180. The maximum absolute atomic E-state index is 3.35. The Morgan fingerprint density at radius 2 is 1.89 bits per heavy atom. The molecule has 3 heteroatoms. The summed E-state index contributed by atoms with van der Waals surface area (Å²) in [6.45, 7) is 14.3. The molecule has 1 aromatic rings.